The van der Waals surface area contributed by atoms with E-state index in [4.69, 9.17) is 9.26 Å². The van der Waals surface area contributed by atoms with Crippen molar-refractivity contribution in [2.75, 3.05) is 20.2 Å². The summed E-state index contributed by atoms with van der Waals surface area (Å²) in [7, 11) is 1.72. The number of ether oxygens (including phenoxy) is 1. The fraction of sp³-hybridized carbons (Fsp3) is 0.316. The zero-order valence-corrected chi connectivity index (χ0v) is 15.0. The van der Waals surface area contributed by atoms with E-state index in [2.05, 4.69) is 50.0 Å². The van der Waals surface area contributed by atoms with Gasteiger partial charge in [0.2, 0.25) is 5.89 Å². The summed E-state index contributed by atoms with van der Waals surface area (Å²) in [5, 5.41) is 12.6. The van der Waals surface area contributed by atoms with Crippen molar-refractivity contribution in [3.05, 3.63) is 54.2 Å². The van der Waals surface area contributed by atoms with Crippen LogP contribution >= 0.6 is 0 Å². The molecule has 0 atom stereocenters. The largest absolute Gasteiger partial charge is 0.494 e. The molecule has 0 fully saturated rings. The second-order valence-corrected chi connectivity index (χ2v) is 5.79. The lowest BCUT2D eigenvalue weighted by Crippen LogP contribution is -2.37. The van der Waals surface area contributed by atoms with Crippen LogP contribution < -0.4 is 15.4 Å². The van der Waals surface area contributed by atoms with E-state index >= 15 is 0 Å². The van der Waals surface area contributed by atoms with Gasteiger partial charge in [0.1, 0.15) is 5.75 Å². The van der Waals surface area contributed by atoms with Crippen LogP contribution in [0.4, 0.5) is 0 Å². The number of aromatic nitrogens is 2. The monoisotopic (exact) mass is 353 g/mol. The Morgan fingerprint density at radius 1 is 1.15 bits per heavy atom. The predicted molar refractivity (Wildman–Crippen MR) is 101 cm³/mol. The molecule has 0 aliphatic carbocycles. The lowest BCUT2D eigenvalue weighted by atomic mass is 10.1. The minimum absolute atomic E-state index is 0.463. The van der Waals surface area contributed by atoms with Crippen molar-refractivity contribution in [2.24, 2.45) is 4.99 Å². The third kappa shape index (κ3) is 4.95. The Morgan fingerprint density at radius 2 is 2.00 bits per heavy atom. The number of aryl methyl sites for hydroxylation is 1. The fourth-order valence-electron chi connectivity index (χ4n) is 2.52. The molecule has 26 heavy (non-hydrogen) atoms. The van der Waals surface area contributed by atoms with Crippen LogP contribution in [0.3, 0.4) is 0 Å². The molecule has 3 aromatic rings. The van der Waals surface area contributed by atoms with Crippen molar-refractivity contribution in [1.82, 2.24) is 20.8 Å². The molecule has 0 saturated carbocycles. The summed E-state index contributed by atoms with van der Waals surface area (Å²) >= 11 is 0. The van der Waals surface area contributed by atoms with Crippen LogP contribution in [-0.2, 0) is 6.54 Å². The van der Waals surface area contributed by atoms with Crippen LogP contribution in [0.2, 0.25) is 0 Å². The van der Waals surface area contributed by atoms with E-state index < -0.39 is 0 Å². The summed E-state index contributed by atoms with van der Waals surface area (Å²) in [5.41, 5.74) is 0. The number of guanidine groups is 1. The Kier molecular flexibility index (Phi) is 6.03. The van der Waals surface area contributed by atoms with Gasteiger partial charge in [-0.05, 0) is 29.3 Å². The number of fused-ring (bicyclic) bond motifs is 1. The topological polar surface area (TPSA) is 84.6 Å². The molecule has 2 N–H and O–H groups in total. The zero-order valence-electron chi connectivity index (χ0n) is 15.0. The van der Waals surface area contributed by atoms with E-state index in [0.717, 1.165) is 18.7 Å². The molecule has 136 valence electrons. The van der Waals surface area contributed by atoms with Crippen LogP contribution in [0.25, 0.3) is 10.8 Å². The van der Waals surface area contributed by atoms with Gasteiger partial charge in [-0.2, -0.15) is 4.98 Å². The molecule has 7 heteroatoms. The SMILES string of the molecule is CN=C(NCCCOc1ccc2ccccc2c1)NCc1noc(C)n1. The van der Waals surface area contributed by atoms with Gasteiger partial charge in [0.15, 0.2) is 11.8 Å². The van der Waals surface area contributed by atoms with Crippen LogP contribution in [0.5, 0.6) is 5.75 Å². The lowest BCUT2D eigenvalue weighted by molar-refractivity contribution is 0.311. The first-order valence-corrected chi connectivity index (χ1v) is 8.60. The summed E-state index contributed by atoms with van der Waals surface area (Å²) in [6.07, 6.45) is 0.856. The van der Waals surface area contributed by atoms with Gasteiger partial charge in [-0.15, -0.1) is 0 Å². The summed E-state index contributed by atoms with van der Waals surface area (Å²) in [4.78, 5) is 8.31. The van der Waals surface area contributed by atoms with Crippen LogP contribution in [0.15, 0.2) is 52.0 Å². The highest BCUT2D eigenvalue weighted by Crippen LogP contribution is 2.20. The summed E-state index contributed by atoms with van der Waals surface area (Å²) in [6.45, 7) is 3.61. The van der Waals surface area contributed by atoms with E-state index in [1.54, 1.807) is 14.0 Å². The number of nitrogens with zero attached hydrogens (tertiary/aromatic N) is 3. The van der Waals surface area contributed by atoms with Crippen molar-refractivity contribution in [1.29, 1.82) is 0 Å². The Bertz CT molecular complexity index is 875. The molecule has 0 spiro atoms. The van der Waals surface area contributed by atoms with E-state index in [0.29, 0.717) is 30.8 Å². The van der Waals surface area contributed by atoms with Crippen LogP contribution in [-0.4, -0.2) is 36.3 Å². The molecule has 0 amide bonds. The molecular formula is C19H23N5O2. The van der Waals surface area contributed by atoms with E-state index in [1.807, 2.05) is 18.2 Å². The van der Waals surface area contributed by atoms with E-state index in [9.17, 15) is 0 Å². The van der Waals surface area contributed by atoms with Crippen molar-refractivity contribution in [3.63, 3.8) is 0 Å². The second-order valence-electron chi connectivity index (χ2n) is 5.79. The highest BCUT2D eigenvalue weighted by molar-refractivity contribution is 5.83. The number of hydrogen-bond donors (Lipinski definition) is 2. The van der Waals surface area contributed by atoms with Gasteiger partial charge in [0, 0.05) is 20.5 Å². The summed E-state index contributed by atoms with van der Waals surface area (Å²) in [6, 6.07) is 14.4. The summed E-state index contributed by atoms with van der Waals surface area (Å²) in [5.74, 6) is 2.73. The third-order valence-electron chi connectivity index (χ3n) is 3.81. The first kappa shape index (κ1) is 17.7. The average Bonchev–Trinajstić information content (AvgIpc) is 3.09. The Labute approximate surface area is 152 Å². The smallest absolute Gasteiger partial charge is 0.223 e. The van der Waals surface area contributed by atoms with Gasteiger partial charge in [0.25, 0.3) is 0 Å². The highest BCUT2D eigenvalue weighted by atomic mass is 16.5. The first-order chi connectivity index (χ1) is 12.7. The summed E-state index contributed by atoms with van der Waals surface area (Å²) < 4.78 is 10.8. The molecule has 3 rings (SSSR count). The Balaban J connectivity index is 1.37. The molecule has 0 saturated heterocycles. The second kappa shape index (κ2) is 8.84. The Hall–Kier alpha value is -3.09. The standard InChI is InChI=1S/C19H23N5O2/c1-14-23-18(24-26-14)13-22-19(20-2)21-10-5-11-25-17-9-8-15-6-3-4-7-16(15)12-17/h3-4,6-9,12H,5,10-11,13H2,1-2H3,(H2,20,21,22). The van der Waals surface area contributed by atoms with Gasteiger partial charge < -0.3 is 19.9 Å². The minimum atomic E-state index is 0.463. The maximum absolute atomic E-state index is 5.83. The molecule has 1 heterocycles. The molecular weight excluding hydrogens is 330 g/mol. The van der Waals surface area contributed by atoms with Crippen LogP contribution in [0, 0.1) is 6.92 Å². The molecule has 2 aromatic carbocycles. The van der Waals surface area contributed by atoms with Gasteiger partial charge in [-0.3, -0.25) is 4.99 Å². The fourth-order valence-corrected chi connectivity index (χ4v) is 2.52. The molecule has 0 aliphatic heterocycles. The normalized spacial score (nSPS) is 11.5. The van der Waals surface area contributed by atoms with E-state index in [1.165, 1.54) is 10.8 Å². The highest BCUT2D eigenvalue weighted by Gasteiger charge is 2.03. The quantitative estimate of drug-likeness (QED) is 0.386. The van der Waals surface area contributed by atoms with Crippen molar-refractivity contribution >= 4 is 16.7 Å². The number of nitrogens with one attached hydrogen (secondary N) is 2. The minimum Gasteiger partial charge on any atom is -0.494 e. The maximum Gasteiger partial charge on any atom is 0.223 e. The number of hydrogen-bond acceptors (Lipinski definition) is 5. The number of benzene rings is 2. The average molecular weight is 353 g/mol. The third-order valence-corrected chi connectivity index (χ3v) is 3.81. The molecule has 0 unspecified atom stereocenters. The maximum atomic E-state index is 5.83. The van der Waals surface area contributed by atoms with Crippen molar-refractivity contribution < 1.29 is 9.26 Å². The van der Waals surface area contributed by atoms with Gasteiger partial charge in [-0.1, -0.05) is 35.5 Å². The van der Waals surface area contributed by atoms with Crippen LogP contribution in [0.1, 0.15) is 18.1 Å². The zero-order chi connectivity index (χ0) is 18.2. The molecule has 7 nitrogen and oxygen atoms in total. The molecule has 1 aromatic heterocycles. The molecule has 0 aliphatic rings. The van der Waals surface area contributed by atoms with Gasteiger partial charge in [0.05, 0.1) is 13.2 Å². The van der Waals surface area contributed by atoms with Crippen molar-refractivity contribution in [2.45, 2.75) is 19.9 Å². The Morgan fingerprint density at radius 3 is 2.77 bits per heavy atom. The lowest BCUT2D eigenvalue weighted by Gasteiger charge is -2.11. The van der Waals surface area contributed by atoms with Gasteiger partial charge in [-0.25, -0.2) is 0 Å². The first-order valence-electron chi connectivity index (χ1n) is 8.60. The molecule has 0 radical (unpaired) electrons. The van der Waals surface area contributed by atoms with Crippen molar-refractivity contribution in [3.8, 4) is 5.75 Å². The van der Waals surface area contributed by atoms with Gasteiger partial charge >= 0.3 is 0 Å². The number of rotatable bonds is 7. The molecule has 0 bridgehead atoms. The number of aliphatic imine (C=N–C) groups is 1. The predicted octanol–water partition coefficient (Wildman–Crippen LogP) is 2.67. The van der Waals surface area contributed by atoms with E-state index in [-0.39, 0.29) is 0 Å².